The van der Waals surface area contributed by atoms with E-state index in [-0.39, 0.29) is 29.6 Å². The van der Waals surface area contributed by atoms with Crippen LogP contribution in [0.3, 0.4) is 0 Å². The van der Waals surface area contributed by atoms with Gasteiger partial charge in [-0.25, -0.2) is 0 Å². The van der Waals surface area contributed by atoms with Crippen LogP contribution in [0.1, 0.15) is 0 Å². The fourth-order valence-electron chi connectivity index (χ4n) is 0. The van der Waals surface area contributed by atoms with Gasteiger partial charge in [0.05, 0.1) is 0 Å². The van der Waals surface area contributed by atoms with Crippen LogP contribution in [-0.4, -0.2) is 42.5 Å². The number of nitrogens with one attached hydrogen (secondary N) is 1. The van der Waals surface area contributed by atoms with Gasteiger partial charge in [0.1, 0.15) is 0 Å². The molecule has 0 saturated heterocycles. The van der Waals surface area contributed by atoms with Crippen LogP contribution in [0.5, 0.6) is 0 Å². The second kappa shape index (κ2) is 4.08. The number of hydrogen-bond donors (Lipinski definition) is 2. The molecule has 0 amide bonds. The van der Waals surface area contributed by atoms with E-state index in [9.17, 15) is 8.42 Å². The molecule has 0 bridgehead atoms. The van der Waals surface area contributed by atoms with Crippen LogP contribution in [0.4, 0.5) is 0 Å². The molecule has 0 unspecified atom stereocenters. The Balaban J connectivity index is 0. The van der Waals surface area contributed by atoms with Gasteiger partial charge in [-0.15, -0.1) is 4.24 Å². The van der Waals surface area contributed by atoms with Gasteiger partial charge in [-0.2, -0.15) is 8.42 Å². The standard InChI is InChI=1S/ClH2NO3S.Na/c1-2-6(3,4)5;/h2H,(H,3,4,5);. The SMILES string of the molecule is O=S(=O)(O)NCl.[Na]. The fourth-order valence-corrected chi connectivity index (χ4v) is 0. The van der Waals surface area contributed by atoms with Crippen LogP contribution >= 0.6 is 11.8 Å². The summed E-state index contributed by atoms with van der Waals surface area (Å²) >= 11 is 4.39. The zero-order valence-electron chi connectivity index (χ0n) is 3.55. The Labute approximate surface area is 68.5 Å². The molecule has 0 aliphatic rings. The van der Waals surface area contributed by atoms with Crippen LogP contribution in [0.15, 0.2) is 0 Å². The van der Waals surface area contributed by atoms with Gasteiger partial charge in [0.15, 0.2) is 0 Å². The van der Waals surface area contributed by atoms with Crippen molar-refractivity contribution in [2.24, 2.45) is 0 Å². The van der Waals surface area contributed by atoms with E-state index in [1.807, 2.05) is 0 Å². The maximum Gasteiger partial charge on any atom is 0.346 e. The smallest absolute Gasteiger partial charge is 0.273 e. The molecule has 0 aromatic carbocycles. The quantitative estimate of drug-likeness (QED) is 0.294. The van der Waals surface area contributed by atoms with Crippen molar-refractivity contribution < 1.29 is 13.0 Å². The summed E-state index contributed by atoms with van der Waals surface area (Å²) in [5, 5.41) is 0. The topological polar surface area (TPSA) is 66.4 Å². The molecule has 1 radical (unpaired) electrons. The Morgan fingerprint density at radius 1 is 1.57 bits per heavy atom. The number of hydrogen-bond acceptors (Lipinski definition) is 2. The van der Waals surface area contributed by atoms with Crippen LogP contribution < -0.4 is 4.24 Å². The van der Waals surface area contributed by atoms with Gasteiger partial charge < -0.3 is 0 Å². The van der Waals surface area contributed by atoms with Gasteiger partial charge in [0, 0.05) is 29.6 Å². The molecule has 7 heteroatoms. The third-order valence-electron chi connectivity index (χ3n) is 0.0975. The predicted octanol–water partition coefficient (Wildman–Crippen LogP) is -0.848. The van der Waals surface area contributed by atoms with E-state index in [1.54, 1.807) is 0 Å². The molecule has 0 saturated carbocycles. The summed E-state index contributed by atoms with van der Waals surface area (Å²) in [6.45, 7) is 0. The summed E-state index contributed by atoms with van der Waals surface area (Å²) in [6, 6.07) is 0. The van der Waals surface area contributed by atoms with Gasteiger partial charge in [-0.05, 0) is 11.8 Å². The van der Waals surface area contributed by atoms with Crippen molar-refractivity contribution in [3.63, 3.8) is 0 Å². The first-order valence-corrected chi connectivity index (χ1v) is 2.73. The largest absolute Gasteiger partial charge is 0.346 e. The molecule has 0 spiro atoms. The zero-order chi connectivity index (χ0) is 5.21. The minimum absolute atomic E-state index is 0. The average molecular weight is 155 g/mol. The van der Waals surface area contributed by atoms with Crippen molar-refractivity contribution in [2.45, 2.75) is 0 Å². The maximum atomic E-state index is 9.31. The van der Waals surface area contributed by atoms with Crippen molar-refractivity contribution in [1.29, 1.82) is 0 Å². The number of halogens is 1. The molecular formula is H2ClNNaO3S. The van der Waals surface area contributed by atoms with Gasteiger partial charge in [-0.3, -0.25) is 4.55 Å². The van der Waals surface area contributed by atoms with Crippen LogP contribution in [0.2, 0.25) is 0 Å². The molecule has 39 valence electrons. The molecule has 0 aromatic heterocycles. The summed E-state index contributed by atoms with van der Waals surface area (Å²) in [5.41, 5.74) is 0. The molecule has 0 atom stereocenters. The van der Waals surface area contributed by atoms with E-state index < -0.39 is 10.3 Å². The fraction of sp³-hybridized carbons (Fsp3) is 0. The Bertz CT molecular complexity index is 117. The van der Waals surface area contributed by atoms with E-state index in [2.05, 4.69) is 11.8 Å². The maximum absolute atomic E-state index is 9.31. The van der Waals surface area contributed by atoms with Gasteiger partial charge >= 0.3 is 10.3 Å². The van der Waals surface area contributed by atoms with Gasteiger partial charge in [-0.1, -0.05) is 0 Å². The third-order valence-corrected chi connectivity index (χ3v) is 0.877. The monoisotopic (exact) mass is 154 g/mol. The minimum Gasteiger partial charge on any atom is -0.273 e. The predicted molar refractivity (Wildman–Crippen MR) is 26.3 cm³/mol. The first kappa shape index (κ1) is 11.0. The molecule has 0 rings (SSSR count). The second-order valence-corrected chi connectivity index (χ2v) is 2.12. The summed E-state index contributed by atoms with van der Waals surface area (Å²) in [4.78, 5) is 0. The van der Waals surface area contributed by atoms with E-state index in [0.717, 1.165) is 4.24 Å². The molecule has 2 N–H and O–H groups in total. The van der Waals surface area contributed by atoms with Crippen molar-refractivity contribution in [3.05, 3.63) is 0 Å². The van der Waals surface area contributed by atoms with Crippen molar-refractivity contribution in [1.82, 2.24) is 4.24 Å². The summed E-state index contributed by atoms with van der Waals surface area (Å²) < 4.78 is 27.3. The van der Waals surface area contributed by atoms with Crippen LogP contribution in [0, 0.1) is 0 Å². The zero-order valence-corrected chi connectivity index (χ0v) is 7.12. The van der Waals surface area contributed by atoms with E-state index in [0.29, 0.717) is 0 Å². The molecule has 0 aliphatic carbocycles. The molecular weight excluding hydrogens is 153 g/mol. The van der Waals surface area contributed by atoms with Gasteiger partial charge in [0.2, 0.25) is 0 Å². The van der Waals surface area contributed by atoms with E-state index in [1.165, 1.54) is 0 Å². The normalized spacial score (nSPS) is 10.0. The summed E-state index contributed by atoms with van der Waals surface area (Å²) in [7, 11) is -4.15. The van der Waals surface area contributed by atoms with E-state index in [4.69, 9.17) is 4.55 Å². The number of rotatable bonds is 1. The molecule has 0 fully saturated rings. The van der Waals surface area contributed by atoms with Crippen LogP contribution in [-0.2, 0) is 10.3 Å². The van der Waals surface area contributed by atoms with Gasteiger partial charge in [0.25, 0.3) is 0 Å². The Kier molecular flexibility index (Phi) is 6.43. The molecule has 0 aromatic rings. The first-order valence-electron chi connectivity index (χ1n) is 0.909. The Morgan fingerprint density at radius 3 is 1.71 bits per heavy atom. The minimum atomic E-state index is -4.15. The van der Waals surface area contributed by atoms with E-state index >= 15 is 0 Å². The molecule has 0 aliphatic heterocycles. The van der Waals surface area contributed by atoms with Crippen molar-refractivity contribution in [3.8, 4) is 0 Å². The second-order valence-electron chi connectivity index (χ2n) is 0.552. The van der Waals surface area contributed by atoms with Crippen molar-refractivity contribution >= 4 is 51.6 Å². The summed E-state index contributed by atoms with van der Waals surface area (Å²) in [6.07, 6.45) is 0. The average Bonchev–Trinajstić information content (AvgIpc) is 1.35. The summed E-state index contributed by atoms with van der Waals surface area (Å²) in [5.74, 6) is 0. The van der Waals surface area contributed by atoms with Crippen molar-refractivity contribution in [2.75, 3.05) is 0 Å². The molecule has 4 nitrogen and oxygen atoms in total. The molecule has 0 heterocycles. The first-order chi connectivity index (χ1) is 2.56. The Hall–Kier alpha value is 1.16. The Morgan fingerprint density at radius 2 is 1.71 bits per heavy atom. The molecule has 7 heavy (non-hydrogen) atoms. The van der Waals surface area contributed by atoms with Crippen LogP contribution in [0.25, 0.3) is 0 Å². The third kappa shape index (κ3) is 11.0.